The van der Waals surface area contributed by atoms with E-state index in [1.807, 2.05) is 37.3 Å². The highest BCUT2D eigenvalue weighted by atomic mass is 16.7. The number of nitrogens with one attached hydrogen (secondary N) is 2. The van der Waals surface area contributed by atoms with Crippen LogP contribution in [-0.2, 0) is 0 Å². The fourth-order valence-corrected chi connectivity index (χ4v) is 3.12. The zero-order valence-corrected chi connectivity index (χ0v) is 15.8. The summed E-state index contributed by atoms with van der Waals surface area (Å²) >= 11 is 0. The molecule has 0 bridgehead atoms. The quantitative estimate of drug-likeness (QED) is 0.688. The summed E-state index contributed by atoms with van der Waals surface area (Å²) in [6.45, 7) is 2.06. The molecular weight excluding hydrogens is 368 g/mol. The second kappa shape index (κ2) is 8.06. The number of rotatable bonds is 5. The number of hydrogen-bond acceptors (Lipinski definition) is 4. The molecular formula is C23H20N2O4. The van der Waals surface area contributed by atoms with Crippen molar-refractivity contribution in [1.82, 2.24) is 5.32 Å². The summed E-state index contributed by atoms with van der Waals surface area (Å²) < 4.78 is 10.6. The van der Waals surface area contributed by atoms with Crippen molar-refractivity contribution in [2.24, 2.45) is 0 Å². The Morgan fingerprint density at radius 1 is 0.862 bits per heavy atom. The molecule has 6 nitrogen and oxygen atoms in total. The van der Waals surface area contributed by atoms with E-state index in [0.717, 1.165) is 5.56 Å². The highest BCUT2D eigenvalue weighted by Crippen LogP contribution is 2.32. The van der Waals surface area contributed by atoms with E-state index >= 15 is 0 Å². The van der Waals surface area contributed by atoms with Crippen LogP contribution < -0.4 is 20.1 Å². The van der Waals surface area contributed by atoms with Gasteiger partial charge in [0.1, 0.15) is 0 Å². The van der Waals surface area contributed by atoms with Gasteiger partial charge in [0, 0.05) is 5.56 Å². The van der Waals surface area contributed by atoms with Crippen LogP contribution in [0, 0.1) is 0 Å². The second-order valence-electron chi connectivity index (χ2n) is 6.67. The molecule has 146 valence electrons. The maximum atomic E-state index is 12.8. The van der Waals surface area contributed by atoms with Gasteiger partial charge in [0.15, 0.2) is 11.5 Å². The zero-order chi connectivity index (χ0) is 20.2. The lowest BCUT2D eigenvalue weighted by molar-refractivity contribution is 0.0940. The average molecular weight is 388 g/mol. The molecule has 1 heterocycles. The summed E-state index contributed by atoms with van der Waals surface area (Å²) in [6, 6.07) is 21.4. The number of ether oxygens (including phenoxy) is 2. The maximum absolute atomic E-state index is 12.8. The highest BCUT2D eigenvalue weighted by Gasteiger charge is 2.19. The van der Waals surface area contributed by atoms with E-state index in [0.29, 0.717) is 28.3 Å². The van der Waals surface area contributed by atoms with Crippen molar-refractivity contribution in [3.63, 3.8) is 0 Å². The molecule has 4 rings (SSSR count). The lowest BCUT2D eigenvalue weighted by Gasteiger charge is -2.16. The monoisotopic (exact) mass is 388 g/mol. The molecule has 0 saturated carbocycles. The summed E-state index contributed by atoms with van der Waals surface area (Å²) in [6.07, 6.45) is 0. The first kappa shape index (κ1) is 18.6. The van der Waals surface area contributed by atoms with Gasteiger partial charge < -0.3 is 20.1 Å². The van der Waals surface area contributed by atoms with Crippen LogP contribution in [0.4, 0.5) is 5.69 Å². The number of hydrogen-bond donors (Lipinski definition) is 2. The lowest BCUT2D eigenvalue weighted by atomic mass is 10.1. The molecule has 3 aromatic rings. The van der Waals surface area contributed by atoms with Crippen LogP contribution in [-0.4, -0.2) is 18.6 Å². The van der Waals surface area contributed by atoms with E-state index in [2.05, 4.69) is 10.6 Å². The Kier molecular flexibility index (Phi) is 5.16. The molecule has 0 saturated heterocycles. The molecule has 3 aromatic carbocycles. The Labute approximate surface area is 168 Å². The first-order valence-corrected chi connectivity index (χ1v) is 9.27. The van der Waals surface area contributed by atoms with Crippen molar-refractivity contribution in [1.29, 1.82) is 0 Å². The summed E-state index contributed by atoms with van der Waals surface area (Å²) in [5, 5.41) is 5.79. The molecule has 0 unspecified atom stereocenters. The van der Waals surface area contributed by atoms with E-state index in [1.165, 1.54) is 0 Å². The van der Waals surface area contributed by atoms with Crippen molar-refractivity contribution in [2.75, 3.05) is 12.1 Å². The smallest absolute Gasteiger partial charge is 0.255 e. The number of carbonyl (C=O) groups is 2. The third-order valence-corrected chi connectivity index (χ3v) is 4.70. The highest BCUT2D eigenvalue weighted by molar-refractivity contribution is 6.09. The molecule has 29 heavy (non-hydrogen) atoms. The fourth-order valence-electron chi connectivity index (χ4n) is 3.12. The normalized spacial score (nSPS) is 12.9. The van der Waals surface area contributed by atoms with E-state index in [1.54, 1.807) is 42.5 Å². The Morgan fingerprint density at radius 2 is 1.59 bits per heavy atom. The Balaban J connectivity index is 1.50. The van der Waals surface area contributed by atoms with Crippen LogP contribution in [0.5, 0.6) is 11.5 Å². The average Bonchev–Trinajstić information content (AvgIpc) is 3.22. The number of fused-ring (bicyclic) bond motifs is 1. The zero-order valence-electron chi connectivity index (χ0n) is 15.8. The summed E-state index contributed by atoms with van der Waals surface area (Å²) in [5.41, 5.74) is 2.25. The van der Waals surface area contributed by atoms with Gasteiger partial charge in [0.05, 0.1) is 17.3 Å². The van der Waals surface area contributed by atoms with Crippen molar-refractivity contribution >= 4 is 17.5 Å². The molecule has 0 aromatic heterocycles. The SMILES string of the molecule is C[C@H](NC(=O)c1ccccc1NC(=O)c1ccc2c(c1)OCO2)c1ccccc1. The van der Waals surface area contributed by atoms with Crippen LogP contribution in [0.25, 0.3) is 0 Å². The van der Waals surface area contributed by atoms with E-state index < -0.39 is 0 Å². The second-order valence-corrected chi connectivity index (χ2v) is 6.67. The van der Waals surface area contributed by atoms with Gasteiger partial charge in [0.25, 0.3) is 11.8 Å². The number of anilines is 1. The Hall–Kier alpha value is -3.80. The molecule has 1 atom stereocenters. The van der Waals surface area contributed by atoms with Gasteiger partial charge in [-0.15, -0.1) is 0 Å². The Bertz CT molecular complexity index is 1050. The summed E-state index contributed by atoms with van der Waals surface area (Å²) in [7, 11) is 0. The minimum absolute atomic E-state index is 0.142. The van der Waals surface area contributed by atoms with Gasteiger partial charge in [-0.2, -0.15) is 0 Å². The van der Waals surface area contributed by atoms with Gasteiger partial charge in [-0.05, 0) is 42.8 Å². The van der Waals surface area contributed by atoms with Gasteiger partial charge >= 0.3 is 0 Å². The van der Waals surface area contributed by atoms with Crippen LogP contribution in [0.2, 0.25) is 0 Å². The molecule has 0 radical (unpaired) electrons. The first-order valence-electron chi connectivity index (χ1n) is 9.27. The first-order chi connectivity index (χ1) is 14.1. The largest absolute Gasteiger partial charge is 0.454 e. The minimum Gasteiger partial charge on any atom is -0.454 e. The molecule has 0 spiro atoms. The van der Waals surface area contributed by atoms with E-state index in [9.17, 15) is 9.59 Å². The molecule has 0 aliphatic carbocycles. The van der Waals surface area contributed by atoms with Crippen molar-refractivity contribution in [3.05, 3.63) is 89.5 Å². The molecule has 0 fully saturated rings. The van der Waals surface area contributed by atoms with Crippen molar-refractivity contribution in [2.45, 2.75) is 13.0 Å². The minimum atomic E-state index is -0.334. The van der Waals surface area contributed by atoms with Crippen LogP contribution in [0.3, 0.4) is 0 Å². The third kappa shape index (κ3) is 4.06. The molecule has 1 aliphatic rings. The topological polar surface area (TPSA) is 76.7 Å². The van der Waals surface area contributed by atoms with Gasteiger partial charge in [-0.1, -0.05) is 42.5 Å². The van der Waals surface area contributed by atoms with Gasteiger partial charge in [-0.3, -0.25) is 9.59 Å². The molecule has 2 N–H and O–H groups in total. The lowest BCUT2D eigenvalue weighted by Crippen LogP contribution is -2.28. The van der Waals surface area contributed by atoms with Crippen molar-refractivity contribution in [3.8, 4) is 11.5 Å². The van der Waals surface area contributed by atoms with Crippen LogP contribution in [0.15, 0.2) is 72.8 Å². The van der Waals surface area contributed by atoms with Crippen molar-refractivity contribution < 1.29 is 19.1 Å². The predicted octanol–water partition coefficient (Wildman–Crippen LogP) is 4.16. The van der Waals surface area contributed by atoms with Crippen LogP contribution >= 0.6 is 0 Å². The van der Waals surface area contributed by atoms with Gasteiger partial charge in [0.2, 0.25) is 6.79 Å². The van der Waals surface area contributed by atoms with Crippen LogP contribution in [0.1, 0.15) is 39.2 Å². The molecule has 1 aliphatic heterocycles. The number of amides is 2. The fraction of sp³-hybridized carbons (Fsp3) is 0.130. The Morgan fingerprint density at radius 3 is 2.41 bits per heavy atom. The van der Waals surface area contributed by atoms with E-state index in [-0.39, 0.29) is 24.6 Å². The molecule has 2 amide bonds. The third-order valence-electron chi connectivity index (χ3n) is 4.70. The maximum Gasteiger partial charge on any atom is 0.255 e. The summed E-state index contributed by atoms with van der Waals surface area (Å²) in [5.74, 6) is 0.541. The number of carbonyl (C=O) groups excluding carboxylic acids is 2. The standard InChI is InChI=1S/C23H20N2O4/c1-15(16-7-3-2-4-8-16)24-23(27)18-9-5-6-10-19(18)25-22(26)17-11-12-20-21(13-17)29-14-28-20/h2-13,15H,14H2,1H3,(H,24,27)(H,25,26)/t15-/m0/s1. The number of benzene rings is 3. The van der Waals surface area contributed by atoms with E-state index in [4.69, 9.17) is 9.47 Å². The number of para-hydroxylation sites is 1. The predicted molar refractivity (Wildman–Crippen MR) is 109 cm³/mol. The molecule has 6 heteroatoms. The summed E-state index contributed by atoms with van der Waals surface area (Å²) in [4.78, 5) is 25.5. The van der Waals surface area contributed by atoms with Gasteiger partial charge in [-0.25, -0.2) is 0 Å².